The molecule has 6 atom stereocenters. The van der Waals surface area contributed by atoms with Crippen molar-refractivity contribution in [3.05, 3.63) is 29.2 Å². The topological polar surface area (TPSA) is 167 Å². The third-order valence-electron chi connectivity index (χ3n) is 11.5. The van der Waals surface area contributed by atoms with E-state index in [-0.39, 0.29) is 40.6 Å². The van der Waals surface area contributed by atoms with Crippen LogP contribution in [-0.2, 0) is 24.0 Å². The number of ketones is 1. The second kappa shape index (κ2) is 14.6. The maximum atomic E-state index is 14.6. The maximum absolute atomic E-state index is 14.6. The molecular formula is C37H54N6O6S. The van der Waals surface area contributed by atoms with Crippen LogP contribution in [0.5, 0.6) is 0 Å². The Labute approximate surface area is 299 Å². The van der Waals surface area contributed by atoms with Crippen molar-refractivity contribution >= 4 is 46.7 Å². The molecule has 50 heavy (non-hydrogen) atoms. The lowest BCUT2D eigenvalue weighted by Gasteiger charge is -2.42. The van der Waals surface area contributed by atoms with Crippen molar-refractivity contribution in [1.82, 2.24) is 31.2 Å². The molecule has 274 valence electrons. The summed E-state index contributed by atoms with van der Waals surface area (Å²) >= 11 is 1.19. The minimum Gasteiger partial charge on any atom is -0.346 e. The Hall–Kier alpha value is -3.61. The number of amides is 5. The summed E-state index contributed by atoms with van der Waals surface area (Å²) in [5.41, 5.74) is -1.47. The number of nitrogens with zero attached hydrogens (tertiary/aromatic N) is 2. The van der Waals surface area contributed by atoms with E-state index >= 15 is 0 Å². The second-order valence-electron chi connectivity index (χ2n) is 16.8. The first-order valence-electron chi connectivity index (χ1n) is 18.0. The average molecular weight is 711 g/mol. The number of likely N-dealkylation sites (tertiary alicyclic amines) is 1. The lowest BCUT2D eigenvalue weighted by molar-refractivity contribution is -0.147. The zero-order chi connectivity index (χ0) is 36.6. The summed E-state index contributed by atoms with van der Waals surface area (Å²) in [6.07, 6.45) is 9.64. The summed E-state index contributed by atoms with van der Waals surface area (Å²) in [5.74, 6) is -3.04. The Kier molecular flexibility index (Phi) is 11.0. The fraction of sp³-hybridized carbons (Fsp3) is 0.703. The van der Waals surface area contributed by atoms with E-state index in [4.69, 9.17) is 0 Å². The fourth-order valence-corrected chi connectivity index (χ4v) is 8.71. The van der Waals surface area contributed by atoms with Crippen molar-refractivity contribution in [1.29, 1.82) is 0 Å². The highest BCUT2D eigenvalue weighted by Gasteiger charge is 2.70. The highest BCUT2D eigenvalue weighted by Crippen LogP contribution is 2.65. The molecule has 4 aliphatic rings. The van der Waals surface area contributed by atoms with E-state index in [1.165, 1.54) is 17.4 Å². The fourth-order valence-electron chi connectivity index (χ4n) is 8.17. The van der Waals surface area contributed by atoms with Gasteiger partial charge < -0.3 is 26.2 Å². The molecule has 4 fully saturated rings. The Morgan fingerprint density at radius 1 is 1.04 bits per heavy atom. The number of carbonyl (C=O) groups is 6. The molecule has 3 aliphatic carbocycles. The monoisotopic (exact) mass is 710 g/mol. The van der Waals surface area contributed by atoms with Crippen LogP contribution >= 0.6 is 11.3 Å². The number of hydrogen-bond donors (Lipinski definition) is 4. The molecule has 1 aromatic heterocycles. The molecule has 0 spiro atoms. The molecule has 3 saturated carbocycles. The van der Waals surface area contributed by atoms with Crippen LogP contribution in [0.2, 0.25) is 0 Å². The van der Waals surface area contributed by atoms with E-state index in [0.29, 0.717) is 13.0 Å². The third-order valence-corrected chi connectivity index (χ3v) is 12.3. The summed E-state index contributed by atoms with van der Waals surface area (Å²) in [4.78, 5) is 87.9. The van der Waals surface area contributed by atoms with Gasteiger partial charge in [-0.05, 0) is 53.3 Å². The Morgan fingerprint density at radius 2 is 1.72 bits per heavy atom. The maximum Gasteiger partial charge on any atom is 0.289 e. The van der Waals surface area contributed by atoms with E-state index in [0.717, 1.165) is 44.9 Å². The molecule has 1 aliphatic heterocycles. The summed E-state index contributed by atoms with van der Waals surface area (Å²) < 4.78 is 0. The van der Waals surface area contributed by atoms with Crippen LogP contribution in [0.1, 0.15) is 103 Å². The van der Waals surface area contributed by atoms with Gasteiger partial charge in [-0.15, -0.1) is 17.9 Å². The minimum atomic E-state index is -1.01. The number of piperidine rings is 1. The normalized spacial score (nSPS) is 25.2. The van der Waals surface area contributed by atoms with Gasteiger partial charge in [-0.2, -0.15) is 0 Å². The van der Waals surface area contributed by atoms with Gasteiger partial charge in [-0.1, -0.05) is 79.7 Å². The molecule has 5 rings (SSSR count). The van der Waals surface area contributed by atoms with Gasteiger partial charge in [-0.25, -0.2) is 4.98 Å². The minimum absolute atomic E-state index is 0.0680. The standard InChI is InChI=1S/C37H54N6O6S/c1-8-16-38-30(46)26(44)23(19-21-12-13-21)40-29(45)25-24-22(36(24,5)6)20-43(25)34(49)28(35(2,3)4)42-31(47)27(37(7)14-10-9-11-15-37)41-32(48)33-39-17-18-50-33/h8,17-18,21-25,27-28H,1,9-16,19-20H2,2-7H3,(H,38,46)(H,40,45)(H,41,48)(H,42,47)/t22?,23?,24?,25-,27+,28+/m0/s1. The van der Waals surface area contributed by atoms with Gasteiger partial charge in [-0.3, -0.25) is 28.8 Å². The zero-order valence-electron chi connectivity index (χ0n) is 30.3. The molecule has 1 saturated heterocycles. The van der Waals surface area contributed by atoms with Gasteiger partial charge in [0.15, 0.2) is 5.01 Å². The number of rotatable bonds is 14. The average Bonchev–Trinajstić information content (AvgIpc) is 3.75. The highest BCUT2D eigenvalue weighted by atomic mass is 32.1. The van der Waals surface area contributed by atoms with Crippen LogP contribution in [0.15, 0.2) is 24.2 Å². The van der Waals surface area contributed by atoms with Crippen molar-refractivity contribution in [3.8, 4) is 0 Å². The number of fused-ring (bicyclic) bond motifs is 1. The predicted octanol–water partition coefficient (Wildman–Crippen LogP) is 3.38. The van der Waals surface area contributed by atoms with Crippen LogP contribution in [-0.4, -0.2) is 82.5 Å². The van der Waals surface area contributed by atoms with Crippen LogP contribution in [0.25, 0.3) is 0 Å². The van der Waals surface area contributed by atoms with Crippen LogP contribution in [0.4, 0.5) is 0 Å². The lowest BCUT2D eigenvalue weighted by Crippen LogP contribution is -2.64. The van der Waals surface area contributed by atoms with Crippen molar-refractivity contribution in [2.75, 3.05) is 13.1 Å². The number of carbonyl (C=O) groups excluding carboxylic acids is 6. The largest absolute Gasteiger partial charge is 0.346 e. The van der Waals surface area contributed by atoms with E-state index < -0.39 is 64.4 Å². The van der Waals surface area contributed by atoms with Gasteiger partial charge >= 0.3 is 0 Å². The molecule has 3 unspecified atom stereocenters. The highest BCUT2D eigenvalue weighted by molar-refractivity contribution is 7.11. The van der Waals surface area contributed by atoms with E-state index in [1.54, 1.807) is 16.5 Å². The number of nitrogens with one attached hydrogen (secondary N) is 4. The van der Waals surface area contributed by atoms with Gasteiger partial charge in [0, 0.05) is 24.7 Å². The number of aromatic nitrogens is 1. The number of hydrogen-bond acceptors (Lipinski definition) is 8. The van der Waals surface area contributed by atoms with Gasteiger partial charge in [0.1, 0.15) is 18.1 Å². The van der Waals surface area contributed by atoms with Gasteiger partial charge in [0.05, 0.1) is 6.04 Å². The van der Waals surface area contributed by atoms with Crippen LogP contribution < -0.4 is 21.3 Å². The third kappa shape index (κ3) is 7.97. The Bertz CT molecular complexity index is 1490. The van der Waals surface area contributed by atoms with Crippen LogP contribution in [0.3, 0.4) is 0 Å². The van der Waals surface area contributed by atoms with Crippen molar-refractivity contribution in [2.24, 2.45) is 34.0 Å². The molecular weight excluding hydrogens is 657 g/mol. The van der Waals surface area contributed by atoms with Crippen molar-refractivity contribution in [3.63, 3.8) is 0 Å². The first kappa shape index (κ1) is 37.6. The SMILES string of the molecule is C=CCNC(=O)C(=O)C(CC1CC1)NC(=O)[C@@H]1C2C(CN1C(=O)[C@@H](NC(=O)[C@@H](NC(=O)c1nccs1)C1(C)CCCCC1)C(C)(C)C)C2(C)C. The van der Waals surface area contributed by atoms with E-state index in [9.17, 15) is 28.8 Å². The molecule has 2 heterocycles. The lowest BCUT2D eigenvalue weighted by atomic mass is 9.70. The summed E-state index contributed by atoms with van der Waals surface area (Å²) in [7, 11) is 0. The molecule has 1 aromatic rings. The first-order valence-corrected chi connectivity index (χ1v) is 18.9. The summed E-state index contributed by atoms with van der Waals surface area (Å²) in [6.45, 7) is 15.8. The molecule has 5 amide bonds. The van der Waals surface area contributed by atoms with Crippen LogP contribution in [0, 0.1) is 34.0 Å². The van der Waals surface area contributed by atoms with Gasteiger partial charge in [0.2, 0.25) is 23.5 Å². The molecule has 0 radical (unpaired) electrons. The molecule has 12 nitrogen and oxygen atoms in total. The van der Waals surface area contributed by atoms with E-state index in [1.807, 2.05) is 27.7 Å². The number of thiazole rings is 1. The van der Waals surface area contributed by atoms with Gasteiger partial charge in [0.25, 0.3) is 11.8 Å². The van der Waals surface area contributed by atoms with Crippen molar-refractivity contribution in [2.45, 2.75) is 117 Å². The number of Topliss-reactive ketones (excluding diaryl/α,β-unsaturated/α-hetero) is 1. The molecule has 13 heteroatoms. The van der Waals surface area contributed by atoms with Crippen molar-refractivity contribution < 1.29 is 28.8 Å². The quantitative estimate of drug-likeness (QED) is 0.170. The predicted molar refractivity (Wildman–Crippen MR) is 190 cm³/mol. The zero-order valence-corrected chi connectivity index (χ0v) is 31.1. The molecule has 0 aromatic carbocycles. The Balaban J connectivity index is 1.38. The second-order valence-corrected chi connectivity index (χ2v) is 17.7. The molecule has 4 N–H and O–H groups in total. The first-order chi connectivity index (χ1) is 23.5. The molecule has 0 bridgehead atoms. The Morgan fingerprint density at radius 3 is 2.30 bits per heavy atom. The summed E-state index contributed by atoms with van der Waals surface area (Å²) in [6, 6.07) is -3.78. The summed E-state index contributed by atoms with van der Waals surface area (Å²) in [5, 5.41) is 13.4. The smallest absolute Gasteiger partial charge is 0.289 e. The van der Waals surface area contributed by atoms with E-state index in [2.05, 4.69) is 46.7 Å².